The summed E-state index contributed by atoms with van der Waals surface area (Å²) in [6.07, 6.45) is 7.65. The first-order valence-corrected chi connectivity index (χ1v) is 7.67. The second kappa shape index (κ2) is 5.73. The third kappa shape index (κ3) is 2.75. The molecule has 0 saturated heterocycles. The van der Waals surface area contributed by atoms with Gasteiger partial charge in [-0.3, -0.25) is 14.8 Å². The SMILES string of the molecule is O=C(Nc1ccn(-c2ccc(F)c(F)c2)n1)C1(c2cnccn2)CC1. The number of carbonyl (C=O) groups is 1. The monoisotopic (exact) mass is 341 g/mol. The number of hydrogen-bond donors (Lipinski definition) is 1. The Balaban J connectivity index is 1.53. The summed E-state index contributed by atoms with van der Waals surface area (Å²) in [5, 5.41) is 6.94. The lowest BCUT2D eigenvalue weighted by Crippen LogP contribution is -2.29. The highest BCUT2D eigenvalue weighted by atomic mass is 19.2. The molecule has 2 heterocycles. The van der Waals surface area contributed by atoms with Crippen molar-refractivity contribution in [3.05, 3.63) is 66.4 Å². The topological polar surface area (TPSA) is 72.7 Å². The molecule has 1 aliphatic carbocycles. The summed E-state index contributed by atoms with van der Waals surface area (Å²) in [5.41, 5.74) is 0.321. The lowest BCUT2D eigenvalue weighted by Gasteiger charge is -2.12. The highest BCUT2D eigenvalue weighted by Crippen LogP contribution is 2.47. The second-order valence-corrected chi connectivity index (χ2v) is 5.87. The van der Waals surface area contributed by atoms with E-state index in [-0.39, 0.29) is 5.91 Å². The molecule has 25 heavy (non-hydrogen) atoms. The Bertz CT molecular complexity index is 937. The molecular formula is C17H13F2N5O. The van der Waals surface area contributed by atoms with Crippen LogP contribution in [0.2, 0.25) is 0 Å². The van der Waals surface area contributed by atoms with Crippen LogP contribution in [0.25, 0.3) is 5.69 Å². The van der Waals surface area contributed by atoms with E-state index < -0.39 is 17.0 Å². The van der Waals surface area contributed by atoms with Crippen molar-refractivity contribution in [3.63, 3.8) is 0 Å². The molecule has 8 heteroatoms. The Kier molecular flexibility index (Phi) is 3.52. The van der Waals surface area contributed by atoms with Crippen LogP contribution < -0.4 is 5.32 Å². The van der Waals surface area contributed by atoms with E-state index in [1.807, 2.05) is 0 Å². The molecule has 4 rings (SSSR count). The van der Waals surface area contributed by atoms with E-state index in [1.54, 1.807) is 30.9 Å². The Morgan fingerprint density at radius 1 is 1.16 bits per heavy atom. The van der Waals surface area contributed by atoms with Gasteiger partial charge in [-0.1, -0.05) is 0 Å². The summed E-state index contributed by atoms with van der Waals surface area (Å²) in [6.45, 7) is 0. The average molecular weight is 341 g/mol. The first-order chi connectivity index (χ1) is 12.1. The average Bonchev–Trinajstić information content (AvgIpc) is 3.32. The predicted octanol–water partition coefficient (Wildman–Crippen LogP) is 2.61. The largest absolute Gasteiger partial charge is 0.308 e. The first-order valence-electron chi connectivity index (χ1n) is 7.67. The van der Waals surface area contributed by atoms with Crippen LogP contribution in [-0.2, 0) is 10.2 Å². The second-order valence-electron chi connectivity index (χ2n) is 5.87. The Labute approximate surface area is 141 Å². The fourth-order valence-electron chi connectivity index (χ4n) is 2.67. The lowest BCUT2D eigenvalue weighted by atomic mass is 10.0. The van der Waals surface area contributed by atoms with E-state index in [0.29, 0.717) is 30.0 Å². The van der Waals surface area contributed by atoms with Crippen LogP contribution in [-0.4, -0.2) is 25.7 Å². The minimum absolute atomic E-state index is 0.205. The molecule has 1 saturated carbocycles. The Morgan fingerprint density at radius 3 is 2.68 bits per heavy atom. The molecule has 0 spiro atoms. The summed E-state index contributed by atoms with van der Waals surface area (Å²) in [6, 6.07) is 5.05. The van der Waals surface area contributed by atoms with E-state index in [1.165, 1.54) is 10.7 Å². The normalized spacial score (nSPS) is 15.0. The zero-order chi connectivity index (χ0) is 17.4. The van der Waals surface area contributed by atoms with Gasteiger partial charge in [0, 0.05) is 36.9 Å². The molecule has 0 unspecified atom stereocenters. The minimum Gasteiger partial charge on any atom is -0.308 e. The van der Waals surface area contributed by atoms with Gasteiger partial charge in [-0.05, 0) is 25.0 Å². The van der Waals surface area contributed by atoms with Crippen LogP contribution in [0.1, 0.15) is 18.5 Å². The van der Waals surface area contributed by atoms with Gasteiger partial charge < -0.3 is 5.32 Å². The number of benzene rings is 1. The molecule has 0 aliphatic heterocycles. The number of carbonyl (C=O) groups excluding carboxylic acids is 1. The summed E-state index contributed by atoms with van der Waals surface area (Å²) in [4.78, 5) is 20.8. The van der Waals surface area contributed by atoms with Crippen molar-refractivity contribution in [2.24, 2.45) is 0 Å². The van der Waals surface area contributed by atoms with Gasteiger partial charge in [0.15, 0.2) is 17.5 Å². The maximum absolute atomic E-state index is 13.3. The Morgan fingerprint density at radius 2 is 2.00 bits per heavy atom. The third-order valence-electron chi connectivity index (χ3n) is 4.24. The smallest absolute Gasteiger partial charge is 0.237 e. The van der Waals surface area contributed by atoms with Crippen LogP contribution >= 0.6 is 0 Å². The summed E-state index contributed by atoms with van der Waals surface area (Å²) < 4.78 is 27.7. The molecule has 0 atom stereocenters. The van der Waals surface area contributed by atoms with Crippen LogP contribution in [0.5, 0.6) is 0 Å². The molecule has 3 aromatic rings. The summed E-state index contributed by atoms with van der Waals surface area (Å²) >= 11 is 0. The summed E-state index contributed by atoms with van der Waals surface area (Å²) in [5.74, 6) is -1.77. The van der Waals surface area contributed by atoms with E-state index >= 15 is 0 Å². The molecular weight excluding hydrogens is 328 g/mol. The Hall–Kier alpha value is -3.16. The molecule has 1 N–H and O–H groups in total. The van der Waals surface area contributed by atoms with Crippen LogP contribution in [0.3, 0.4) is 0 Å². The number of nitrogens with zero attached hydrogens (tertiary/aromatic N) is 4. The lowest BCUT2D eigenvalue weighted by molar-refractivity contribution is -0.118. The van der Waals surface area contributed by atoms with Crippen LogP contribution in [0, 0.1) is 11.6 Å². The first kappa shape index (κ1) is 15.4. The standard InChI is InChI=1S/C17H13F2N5O/c18-12-2-1-11(9-13(12)19)24-8-3-15(23-24)22-16(25)17(4-5-17)14-10-20-6-7-21-14/h1-3,6-10H,4-5H2,(H,22,23,25). The van der Waals surface area contributed by atoms with Gasteiger partial charge in [0.2, 0.25) is 5.91 Å². The van der Waals surface area contributed by atoms with E-state index in [0.717, 1.165) is 12.1 Å². The maximum atomic E-state index is 13.3. The number of nitrogens with one attached hydrogen (secondary N) is 1. The number of aromatic nitrogens is 4. The quantitative estimate of drug-likeness (QED) is 0.792. The van der Waals surface area contributed by atoms with Crippen molar-refractivity contribution in [1.29, 1.82) is 0 Å². The van der Waals surface area contributed by atoms with Gasteiger partial charge in [-0.25, -0.2) is 13.5 Å². The van der Waals surface area contributed by atoms with Gasteiger partial charge in [-0.2, -0.15) is 5.10 Å². The zero-order valence-electron chi connectivity index (χ0n) is 13.0. The van der Waals surface area contributed by atoms with Crippen molar-refractivity contribution >= 4 is 11.7 Å². The predicted molar refractivity (Wildman–Crippen MR) is 85.1 cm³/mol. The molecule has 2 aromatic heterocycles. The van der Waals surface area contributed by atoms with Crippen molar-refractivity contribution in [1.82, 2.24) is 19.7 Å². The zero-order valence-corrected chi connectivity index (χ0v) is 13.0. The highest BCUT2D eigenvalue weighted by Gasteiger charge is 2.53. The van der Waals surface area contributed by atoms with E-state index in [9.17, 15) is 13.6 Å². The van der Waals surface area contributed by atoms with Gasteiger partial charge in [0.25, 0.3) is 0 Å². The molecule has 1 aliphatic rings. The number of anilines is 1. The highest BCUT2D eigenvalue weighted by molar-refractivity contribution is 6.00. The van der Waals surface area contributed by atoms with Crippen molar-refractivity contribution in [2.75, 3.05) is 5.32 Å². The van der Waals surface area contributed by atoms with Crippen molar-refractivity contribution in [2.45, 2.75) is 18.3 Å². The number of hydrogen-bond acceptors (Lipinski definition) is 4. The maximum Gasteiger partial charge on any atom is 0.237 e. The molecule has 1 amide bonds. The van der Waals surface area contributed by atoms with Crippen LogP contribution in [0.4, 0.5) is 14.6 Å². The van der Waals surface area contributed by atoms with E-state index in [4.69, 9.17) is 0 Å². The fourth-order valence-corrected chi connectivity index (χ4v) is 2.67. The van der Waals surface area contributed by atoms with E-state index in [2.05, 4.69) is 20.4 Å². The molecule has 0 radical (unpaired) electrons. The summed E-state index contributed by atoms with van der Waals surface area (Å²) in [7, 11) is 0. The van der Waals surface area contributed by atoms with Gasteiger partial charge in [-0.15, -0.1) is 0 Å². The third-order valence-corrected chi connectivity index (χ3v) is 4.24. The molecule has 1 fully saturated rings. The molecule has 6 nitrogen and oxygen atoms in total. The van der Waals surface area contributed by atoms with Gasteiger partial charge in [0.05, 0.1) is 16.8 Å². The number of amides is 1. The van der Waals surface area contributed by atoms with Crippen LogP contribution in [0.15, 0.2) is 49.1 Å². The van der Waals surface area contributed by atoms with Crippen molar-refractivity contribution < 1.29 is 13.6 Å². The van der Waals surface area contributed by atoms with Gasteiger partial charge >= 0.3 is 0 Å². The number of rotatable bonds is 4. The van der Waals surface area contributed by atoms with Gasteiger partial charge in [0.1, 0.15) is 0 Å². The minimum atomic E-state index is -0.960. The molecule has 1 aromatic carbocycles. The number of halogens is 2. The fraction of sp³-hybridized carbons (Fsp3) is 0.176. The molecule has 0 bridgehead atoms. The molecule has 126 valence electrons. The van der Waals surface area contributed by atoms with Crippen molar-refractivity contribution in [3.8, 4) is 5.69 Å².